The molecule has 1 saturated heterocycles. The smallest absolute Gasteiger partial charge is 0.317 e. The monoisotopic (exact) mass is 373 g/mol. The van der Waals surface area contributed by atoms with Crippen molar-refractivity contribution in [3.63, 3.8) is 0 Å². The number of carboxylic acid groups (broad SMARTS) is 1. The molecule has 27 heavy (non-hydrogen) atoms. The molecule has 1 saturated carbocycles. The largest absolute Gasteiger partial charge is 0.480 e. The van der Waals surface area contributed by atoms with E-state index < -0.39 is 5.97 Å². The van der Waals surface area contributed by atoms with Crippen LogP contribution in [0.1, 0.15) is 44.6 Å². The first-order chi connectivity index (χ1) is 13.0. The normalized spacial score (nSPS) is 19.6. The van der Waals surface area contributed by atoms with Gasteiger partial charge in [0.2, 0.25) is 0 Å². The van der Waals surface area contributed by atoms with E-state index in [1.165, 1.54) is 12.0 Å². The first kappa shape index (κ1) is 19.7. The molecule has 0 aromatic heterocycles. The molecule has 2 aliphatic rings. The number of piperidine rings is 1. The van der Waals surface area contributed by atoms with Crippen LogP contribution in [0.3, 0.4) is 0 Å². The van der Waals surface area contributed by atoms with Gasteiger partial charge < -0.3 is 15.3 Å². The number of likely N-dealkylation sites (tertiary alicyclic amines) is 1. The van der Waals surface area contributed by atoms with Gasteiger partial charge in [0.15, 0.2) is 0 Å². The summed E-state index contributed by atoms with van der Waals surface area (Å²) < 4.78 is 0. The number of carbonyl (C=O) groups is 2. The third-order valence-corrected chi connectivity index (χ3v) is 6.29. The van der Waals surface area contributed by atoms with E-state index in [2.05, 4.69) is 29.6 Å². The second kappa shape index (κ2) is 8.74. The summed E-state index contributed by atoms with van der Waals surface area (Å²) in [5, 5.41) is 12.2. The first-order valence-electron chi connectivity index (χ1n) is 10.1. The highest BCUT2D eigenvalue weighted by Crippen LogP contribution is 2.43. The van der Waals surface area contributed by atoms with Crippen molar-refractivity contribution in [2.75, 3.05) is 32.7 Å². The molecule has 1 heterocycles. The predicted octanol–water partition coefficient (Wildman–Crippen LogP) is 2.69. The van der Waals surface area contributed by atoms with E-state index in [1.807, 2.05) is 22.8 Å². The number of likely N-dealkylation sites (N-methyl/N-ethyl adjacent to an activating group) is 1. The lowest BCUT2D eigenvalue weighted by Crippen LogP contribution is -2.53. The quantitative estimate of drug-likeness (QED) is 0.771. The molecule has 0 bridgehead atoms. The SMILES string of the molecule is CCN(CC(=O)O)C1CCN(C(=O)NCC2(c3ccccc3)CCC2)CC1. The lowest BCUT2D eigenvalue weighted by Gasteiger charge is -2.43. The number of carbonyl (C=O) groups excluding carboxylic acids is 1. The third-order valence-electron chi connectivity index (χ3n) is 6.29. The second-order valence-electron chi connectivity index (χ2n) is 7.83. The van der Waals surface area contributed by atoms with Crippen LogP contribution in [0.2, 0.25) is 0 Å². The van der Waals surface area contributed by atoms with Crippen molar-refractivity contribution in [1.29, 1.82) is 0 Å². The highest BCUT2D eigenvalue weighted by molar-refractivity contribution is 5.74. The lowest BCUT2D eigenvalue weighted by atomic mass is 9.64. The Morgan fingerprint density at radius 1 is 1.22 bits per heavy atom. The van der Waals surface area contributed by atoms with Gasteiger partial charge in [-0.1, -0.05) is 43.7 Å². The van der Waals surface area contributed by atoms with Crippen LogP contribution >= 0.6 is 0 Å². The van der Waals surface area contributed by atoms with Crippen LogP contribution in [0.25, 0.3) is 0 Å². The Morgan fingerprint density at radius 2 is 1.89 bits per heavy atom. The number of urea groups is 1. The van der Waals surface area contributed by atoms with Crippen LogP contribution in [-0.4, -0.2) is 65.7 Å². The van der Waals surface area contributed by atoms with Crippen LogP contribution in [-0.2, 0) is 10.2 Å². The second-order valence-corrected chi connectivity index (χ2v) is 7.83. The fraction of sp³-hybridized carbons (Fsp3) is 0.619. The van der Waals surface area contributed by atoms with E-state index in [1.54, 1.807) is 0 Å². The van der Waals surface area contributed by atoms with Crippen molar-refractivity contribution >= 4 is 12.0 Å². The Bertz CT molecular complexity index is 637. The van der Waals surface area contributed by atoms with Crippen molar-refractivity contribution in [2.45, 2.75) is 50.5 Å². The molecular weight excluding hydrogens is 342 g/mol. The Kier molecular flexibility index (Phi) is 6.37. The molecule has 3 rings (SSSR count). The summed E-state index contributed by atoms with van der Waals surface area (Å²) in [6, 6.07) is 10.8. The molecule has 6 heteroatoms. The molecule has 0 atom stereocenters. The zero-order chi connectivity index (χ0) is 19.3. The highest BCUT2D eigenvalue weighted by atomic mass is 16.4. The number of hydrogen-bond acceptors (Lipinski definition) is 3. The molecular formula is C21H31N3O3. The molecule has 1 aliphatic carbocycles. The van der Waals surface area contributed by atoms with Crippen molar-refractivity contribution in [1.82, 2.24) is 15.1 Å². The van der Waals surface area contributed by atoms with Gasteiger partial charge in [0.1, 0.15) is 0 Å². The lowest BCUT2D eigenvalue weighted by molar-refractivity contribution is -0.139. The number of rotatable bonds is 7. The number of amides is 2. The fourth-order valence-corrected chi connectivity index (χ4v) is 4.43. The van der Waals surface area contributed by atoms with Crippen LogP contribution in [0.5, 0.6) is 0 Å². The van der Waals surface area contributed by atoms with Crippen molar-refractivity contribution in [2.24, 2.45) is 0 Å². The summed E-state index contributed by atoms with van der Waals surface area (Å²) in [5.74, 6) is -0.788. The summed E-state index contributed by atoms with van der Waals surface area (Å²) in [6.07, 6.45) is 5.13. The summed E-state index contributed by atoms with van der Waals surface area (Å²) in [6.45, 7) is 4.85. The average Bonchev–Trinajstić information content (AvgIpc) is 2.66. The number of nitrogens with one attached hydrogen (secondary N) is 1. The van der Waals surface area contributed by atoms with Crippen LogP contribution in [0.4, 0.5) is 4.79 Å². The van der Waals surface area contributed by atoms with Crippen LogP contribution in [0, 0.1) is 0 Å². The van der Waals surface area contributed by atoms with Gasteiger partial charge in [-0.05, 0) is 37.8 Å². The summed E-state index contributed by atoms with van der Waals surface area (Å²) in [5.41, 5.74) is 1.41. The molecule has 1 aromatic carbocycles. The van der Waals surface area contributed by atoms with Crippen LogP contribution in [0.15, 0.2) is 30.3 Å². The molecule has 0 spiro atoms. The number of hydrogen-bond donors (Lipinski definition) is 2. The number of carboxylic acids is 1. The third kappa shape index (κ3) is 4.61. The van der Waals surface area contributed by atoms with Gasteiger partial charge in [-0.2, -0.15) is 0 Å². The van der Waals surface area contributed by atoms with E-state index in [4.69, 9.17) is 5.11 Å². The molecule has 1 aliphatic heterocycles. The topological polar surface area (TPSA) is 72.9 Å². The molecule has 148 valence electrons. The fourth-order valence-electron chi connectivity index (χ4n) is 4.43. The average molecular weight is 373 g/mol. The van der Waals surface area contributed by atoms with E-state index in [0.717, 1.165) is 32.2 Å². The number of nitrogens with zero attached hydrogens (tertiary/aromatic N) is 2. The van der Waals surface area contributed by atoms with E-state index in [-0.39, 0.29) is 24.0 Å². The minimum atomic E-state index is -0.788. The maximum absolute atomic E-state index is 12.6. The minimum absolute atomic E-state index is 0.0111. The molecule has 2 fully saturated rings. The van der Waals surface area contributed by atoms with Crippen LogP contribution < -0.4 is 5.32 Å². The summed E-state index contributed by atoms with van der Waals surface area (Å²) in [4.78, 5) is 27.5. The van der Waals surface area contributed by atoms with Gasteiger partial charge in [0.25, 0.3) is 0 Å². The summed E-state index contributed by atoms with van der Waals surface area (Å²) >= 11 is 0. The van der Waals surface area contributed by atoms with E-state index in [9.17, 15) is 9.59 Å². The van der Waals surface area contributed by atoms with Gasteiger partial charge in [0, 0.05) is 31.1 Å². The standard InChI is InChI=1S/C21H31N3O3/c1-2-23(15-19(25)26)18-9-13-24(14-10-18)20(27)22-16-21(11-6-12-21)17-7-4-3-5-8-17/h3-5,7-8,18H,2,6,9-16H2,1H3,(H,22,27)(H,25,26). The van der Waals surface area contributed by atoms with Gasteiger partial charge in [-0.15, -0.1) is 0 Å². The zero-order valence-corrected chi connectivity index (χ0v) is 16.2. The number of aliphatic carboxylic acids is 1. The Hall–Kier alpha value is -2.08. The Labute approximate surface area is 161 Å². The van der Waals surface area contributed by atoms with Gasteiger partial charge in [-0.25, -0.2) is 4.79 Å². The maximum atomic E-state index is 12.6. The van der Waals surface area contributed by atoms with Gasteiger partial charge in [0.05, 0.1) is 6.54 Å². The van der Waals surface area contributed by atoms with Crippen molar-refractivity contribution in [3.05, 3.63) is 35.9 Å². The Morgan fingerprint density at radius 3 is 2.41 bits per heavy atom. The molecule has 2 amide bonds. The highest BCUT2D eigenvalue weighted by Gasteiger charge is 2.39. The van der Waals surface area contributed by atoms with E-state index >= 15 is 0 Å². The minimum Gasteiger partial charge on any atom is -0.480 e. The molecule has 2 N–H and O–H groups in total. The first-order valence-corrected chi connectivity index (χ1v) is 10.1. The van der Waals surface area contributed by atoms with E-state index in [0.29, 0.717) is 19.6 Å². The molecule has 6 nitrogen and oxygen atoms in total. The van der Waals surface area contributed by atoms with Crippen molar-refractivity contribution < 1.29 is 14.7 Å². The predicted molar refractivity (Wildman–Crippen MR) is 105 cm³/mol. The van der Waals surface area contributed by atoms with Crippen molar-refractivity contribution in [3.8, 4) is 0 Å². The molecule has 1 aromatic rings. The molecule has 0 unspecified atom stereocenters. The van der Waals surface area contributed by atoms with Gasteiger partial charge in [-0.3, -0.25) is 9.69 Å². The maximum Gasteiger partial charge on any atom is 0.317 e. The summed E-state index contributed by atoms with van der Waals surface area (Å²) in [7, 11) is 0. The zero-order valence-electron chi connectivity index (χ0n) is 16.2. The Balaban J connectivity index is 1.49. The van der Waals surface area contributed by atoms with Gasteiger partial charge >= 0.3 is 12.0 Å². The molecule has 0 radical (unpaired) electrons. The number of benzene rings is 1.